The number of anilines is 1. The summed E-state index contributed by atoms with van der Waals surface area (Å²) in [6.07, 6.45) is 4.86. The van der Waals surface area contributed by atoms with Crippen LogP contribution in [0.3, 0.4) is 0 Å². The van der Waals surface area contributed by atoms with Crippen molar-refractivity contribution in [1.29, 1.82) is 0 Å². The molecule has 0 unspecified atom stereocenters. The van der Waals surface area contributed by atoms with Crippen LogP contribution in [-0.4, -0.2) is 43.2 Å². The fourth-order valence-electron chi connectivity index (χ4n) is 2.33. The maximum absolute atomic E-state index is 12.6. The highest BCUT2D eigenvalue weighted by Crippen LogP contribution is 2.23. The molecule has 3 heterocycles. The van der Waals surface area contributed by atoms with Crippen molar-refractivity contribution in [2.75, 3.05) is 11.9 Å². The molecule has 0 fully saturated rings. The lowest BCUT2D eigenvalue weighted by Crippen LogP contribution is -2.19. The molecular formula is C19H15ClN6O3. The molecule has 29 heavy (non-hydrogen) atoms. The lowest BCUT2D eigenvalue weighted by molar-refractivity contribution is 0.0521. The second-order valence-electron chi connectivity index (χ2n) is 5.52. The van der Waals surface area contributed by atoms with E-state index in [9.17, 15) is 9.59 Å². The first-order valence-corrected chi connectivity index (χ1v) is 8.85. The summed E-state index contributed by atoms with van der Waals surface area (Å²) in [5, 5.41) is 10.5. The molecule has 146 valence electrons. The lowest BCUT2D eigenvalue weighted by atomic mass is 10.2. The molecular weight excluding hydrogens is 396 g/mol. The van der Waals surface area contributed by atoms with Gasteiger partial charge in [-0.1, -0.05) is 17.5 Å². The third-order valence-corrected chi connectivity index (χ3v) is 3.89. The van der Waals surface area contributed by atoms with Crippen LogP contribution in [0.2, 0.25) is 5.15 Å². The number of esters is 1. The largest absolute Gasteiger partial charge is 0.461 e. The highest BCUT2D eigenvalue weighted by Gasteiger charge is 2.20. The van der Waals surface area contributed by atoms with Crippen LogP contribution in [0.4, 0.5) is 5.69 Å². The number of carbonyl (C=O) groups excluding carboxylic acids is 2. The van der Waals surface area contributed by atoms with Gasteiger partial charge in [-0.3, -0.25) is 9.36 Å². The van der Waals surface area contributed by atoms with E-state index in [1.165, 1.54) is 12.1 Å². The molecule has 0 aliphatic carbocycles. The number of hydrogen-bond donors (Lipinski definition) is 1. The molecule has 9 nitrogen and oxygen atoms in total. The summed E-state index contributed by atoms with van der Waals surface area (Å²) >= 11 is 6.08. The number of nitrogens with one attached hydrogen (secondary N) is 1. The SMILES string of the molecule is CC#Cc1cc(NC(=O)c2ccc(-n3ccnc3)nn2)c(C(=O)OCC)nc1Cl. The van der Waals surface area contributed by atoms with Crippen molar-refractivity contribution in [3.63, 3.8) is 0 Å². The number of rotatable bonds is 5. The molecule has 3 aromatic rings. The minimum atomic E-state index is -0.720. The molecule has 10 heteroatoms. The van der Waals surface area contributed by atoms with Crippen LogP contribution in [0.5, 0.6) is 0 Å². The Hall–Kier alpha value is -3.77. The summed E-state index contributed by atoms with van der Waals surface area (Å²) in [6.45, 7) is 3.43. The summed E-state index contributed by atoms with van der Waals surface area (Å²) < 4.78 is 6.63. The van der Waals surface area contributed by atoms with Crippen LogP contribution >= 0.6 is 11.6 Å². The number of nitrogens with zero attached hydrogens (tertiary/aromatic N) is 5. The van der Waals surface area contributed by atoms with E-state index in [2.05, 4.69) is 37.3 Å². The Morgan fingerprint density at radius 1 is 1.31 bits per heavy atom. The average Bonchev–Trinajstić information content (AvgIpc) is 3.25. The first-order valence-electron chi connectivity index (χ1n) is 8.47. The third-order valence-electron chi connectivity index (χ3n) is 3.60. The van der Waals surface area contributed by atoms with Gasteiger partial charge in [-0.25, -0.2) is 14.8 Å². The first-order chi connectivity index (χ1) is 14.0. The second kappa shape index (κ2) is 8.95. The van der Waals surface area contributed by atoms with Gasteiger partial charge in [0.05, 0.1) is 17.9 Å². The molecule has 0 radical (unpaired) electrons. The summed E-state index contributed by atoms with van der Waals surface area (Å²) in [7, 11) is 0. The Bertz CT molecular complexity index is 1100. The zero-order chi connectivity index (χ0) is 20.8. The smallest absolute Gasteiger partial charge is 0.359 e. The van der Waals surface area contributed by atoms with Crippen molar-refractivity contribution >= 4 is 29.2 Å². The van der Waals surface area contributed by atoms with Crippen molar-refractivity contribution in [3.8, 4) is 17.7 Å². The number of aromatic nitrogens is 5. The van der Waals surface area contributed by atoms with Gasteiger partial charge in [-0.15, -0.1) is 16.1 Å². The van der Waals surface area contributed by atoms with E-state index in [1.807, 2.05) is 0 Å². The van der Waals surface area contributed by atoms with Crippen LogP contribution in [0.25, 0.3) is 5.82 Å². The van der Waals surface area contributed by atoms with Crippen LogP contribution in [-0.2, 0) is 4.74 Å². The molecule has 0 spiro atoms. The summed E-state index contributed by atoms with van der Waals surface area (Å²) in [4.78, 5) is 32.8. The van der Waals surface area contributed by atoms with Crippen LogP contribution in [0.1, 0.15) is 40.4 Å². The third kappa shape index (κ3) is 4.56. The molecule has 3 rings (SSSR count). The molecule has 0 saturated heterocycles. The van der Waals surface area contributed by atoms with Crippen molar-refractivity contribution < 1.29 is 14.3 Å². The normalized spacial score (nSPS) is 10.0. The van der Waals surface area contributed by atoms with E-state index in [4.69, 9.17) is 16.3 Å². The Morgan fingerprint density at radius 2 is 2.14 bits per heavy atom. The molecule has 0 saturated carbocycles. The van der Waals surface area contributed by atoms with E-state index in [-0.39, 0.29) is 28.8 Å². The molecule has 0 atom stereocenters. The van der Waals surface area contributed by atoms with E-state index < -0.39 is 11.9 Å². The standard InChI is InChI=1S/C19H15ClN6O3/c1-3-5-12-10-14(16(23-17(12)20)19(28)29-4-2)22-18(27)13-6-7-15(25-24-13)26-9-8-21-11-26/h6-11H,4H2,1-2H3,(H,22,27). The van der Waals surface area contributed by atoms with Gasteiger partial charge >= 0.3 is 5.97 Å². The monoisotopic (exact) mass is 410 g/mol. The van der Waals surface area contributed by atoms with Gasteiger partial charge in [-0.05, 0) is 32.0 Å². The van der Waals surface area contributed by atoms with Gasteiger partial charge in [0, 0.05) is 12.4 Å². The highest BCUT2D eigenvalue weighted by molar-refractivity contribution is 6.31. The van der Waals surface area contributed by atoms with Crippen molar-refractivity contribution in [1.82, 2.24) is 24.7 Å². The summed E-state index contributed by atoms with van der Waals surface area (Å²) in [6, 6.07) is 4.57. The fraction of sp³-hybridized carbons (Fsp3) is 0.158. The number of amides is 1. The number of ether oxygens (including phenoxy) is 1. The predicted molar refractivity (Wildman–Crippen MR) is 105 cm³/mol. The van der Waals surface area contributed by atoms with Crippen LogP contribution in [0, 0.1) is 11.8 Å². The molecule has 0 aromatic carbocycles. The van der Waals surface area contributed by atoms with Gasteiger partial charge < -0.3 is 10.1 Å². The maximum atomic E-state index is 12.6. The van der Waals surface area contributed by atoms with Crippen molar-refractivity contribution in [2.24, 2.45) is 0 Å². The molecule has 0 aliphatic heterocycles. The number of hydrogen-bond acceptors (Lipinski definition) is 7. The molecule has 0 aliphatic rings. The van der Waals surface area contributed by atoms with Gasteiger partial charge in [-0.2, -0.15) is 0 Å². The Kier molecular flexibility index (Phi) is 6.16. The number of halogens is 1. The Morgan fingerprint density at radius 3 is 2.76 bits per heavy atom. The molecule has 1 amide bonds. The first kappa shape index (κ1) is 20.0. The van der Waals surface area contributed by atoms with Crippen LogP contribution < -0.4 is 5.32 Å². The quantitative estimate of drug-likeness (QED) is 0.390. The lowest BCUT2D eigenvalue weighted by Gasteiger charge is -2.11. The zero-order valence-corrected chi connectivity index (χ0v) is 16.3. The van der Waals surface area contributed by atoms with Gasteiger partial charge in [0.2, 0.25) is 0 Å². The minimum absolute atomic E-state index is 0.0323. The molecule has 0 bridgehead atoms. The average molecular weight is 411 g/mol. The van der Waals surface area contributed by atoms with Gasteiger partial charge in [0.25, 0.3) is 5.91 Å². The second-order valence-corrected chi connectivity index (χ2v) is 5.88. The minimum Gasteiger partial charge on any atom is -0.461 e. The van der Waals surface area contributed by atoms with E-state index >= 15 is 0 Å². The number of carbonyl (C=O) groups is 2. The van der Waals surface area contributed by atoms with E-state index in [0.717, 1.165) is 0 Å². The van der Waals surface area contributed by atoms with Crippen molar-refractivity contribution in [2.45, 2.75) is 13.8 Å². The highest BCUT2D eigenvalue weighted by atomic mass is 35.5. The number of pyridine rings is 1. The van der Waals surface area contributed by atoms with Gasteiger partial charge in [0.1, 0.15) is 11.5 Å². The fourth-order valence-corrected chi connectivity index (χ4v) is 2.51. The Balaban J connectivity index is 1.90. The van der Waals surface area contributed by atoms with E-state index in [1.54, 1.807) is 43.2 Å². The molecule has 3 aromatic heterocycles. The molecule has 1 N–H and O–H groups in total. The Labute approximate surface area is 171 Å². The number of imidazole rings is 1. The van der Waals surface area contributed by atoms with Crippen molar-refractivity contribution in [3.05, 3.63) is 59.0 Å². The zero-order valence-electron chi connectivity index (χ0n) is 15.5. The summed E-state index contributed by atoms with van der Waals surface area (Å²) in [5.74, 6) is 4.66. The van der Waals surface area contributed by atoms with E-state index in [0.29, 0.717) is 11.4 Å². The predicted octanol–water partition coefficient (Wildman–Crippen LogP) is 2.51. The topological polar surface area (TPSA) is 112 Å². The maximum Gasteiger partial charge on any atom is 0.359 e. The van der Waals surface area contributed by atoms with Gasteiger partial charge in [0.15, 0.2) is 17.2 Å². The summed E-state index contributed by atoms with van der Waals surface area (Å²) in [5.41, 5.74) is 0.381. The van der Waals surface area contributed by atoms with Crippen LogP contribution in [0.15, 0.2) is 36.9 Å².